The van der Waals surface area contributed by atoms with Crippen molar-refractivity contribution in [2.24, 2.45) is 5.10 Å². The second-order valence-corrected chi connectivity index (χ2v) is 7.68. The maximum absolute atomic E-state index is 13.2. The molecule has 0 bridgehead atoms. The molecule has 0 aliphatic carbocycles. The van der Waals surface area contributed by atoms with Crippen LogP contribution in [0.4, 0.5) is 0 Å². The topological polar surface area (TPSA) is 91.3 Å². The van der Waals surface area contributed by atoms with Crippen LogP contribution in [0.1, 0.15) is 22.8 Å². The number of fused-ring (bicyclic) bond motifs is 1. The van der Waals surface area contributed by atoms with Gasteiger partial charge in [0, 0.05) is 22.6 Å². The van der Waals surface area contributed by atoms with E-state index >= 15 is 0 Å². The summed E-state index contributed by atoms with van der Waals surface area (Å²) >= 11 is 0. The maximum atomic E-state index is 13.2. The normalized spacial score (nSPS) is 10.9. The van der Waals surface area contributed by atoms with E-state index in [1.807, 2.05) is 55.5 Å². The summed E-state index contributed by atoms with van der Waals surface area (Å²) in [6, 6.07) is 20.3. The molecule has 1 heterocycles. The van der Waals surface area contributed by atoms with Gasteiger partial charge in [0.1, 0.15) is 11.5 Å². The number of carbonyl (C=O) groups is 1. The van der Waals surface area contributed by atoms with Gasteiger partial charge in [-0.1, -0.05) is 30.3 Å². The van der Waals surface area contributed by atoms with Gasteiger partial charge in [0.2, 0.25) is 0 Å². The first-order valence-electron chi connectivity index (χ1n) is 11.3. The molecule has 184 valence electrons. The molecule has 4 rings (SSSR count). The molecule has 0 aliphatic heterocycles. The van der Waals surface area contributed by atoms with E-state index in [0.29, 0.717) is 46.2 Å². The smallest absolute Gasteiger partial charge is 0.272 e. The Balaban J connectivity index is 1.66. The molecule has 0 atom stereocenters. The Hall–Kier alpha value is -4.59. The van der Waals surface area contributed by atoms with E-state index in [-0.39, 0.29) is 5.91 Å². The van der Waals surface area contributed by atoms with Crippen LogP contribution < -0.4 is 24.4 Å². The van der Waals surface area contributed by atoms with Crippen LogP contribution in [-0.2, 0) is 0 Å². The minimum Gasteiger partial charge on any atom is -0.496 e. The van der Waals surface area contributed by atoms with Gasteiger partial charge in [-0.05, 0) is 37.3 Å². The Bertz CT molecular complexity index is 1420. The van der Waals surface area contributed by atoms with E-state index in [2.05, 4.69) is 10.5 Å². The summed E-state index contributed by atoms with van der Waals surface area (Å²) in [4.78, 5) is 18.0. The van der Waals surface area contributed by atoms with Crippen molar-refractivity contribution in [1.29, 1.82) is 0 Å². The van der Waals surface area contributed by atoms with Crippen molar-refractivity contribution < 1.29 is 23.7 Å². The number of hydrogen-bond acceptors (Lipinski definition) is 7. The van der Waals surface area contributed by atoms with Crippen molar-refractivity contribution in [3.8, 4) is 34.3 Å². The number of aromatic nitrogens is 1. The first kappa shape index (κ1) is 24.5. The molecule has 1 N–H and O–H groups in total. The average Bonchev–Trinajstić information content (AvgIpc) is 2.92. The monoisotopic (exact) mass is 485 g/mol. The Morgan fingerprint density at radius 1 is 0.917 bits per heavy atom. The number of para-hydroxylation sites is 1. The number of amides is 1. The van der Waals surface area contributed by atoms with E-state index < -0.39 is 0 Å². The fraction of sp³-hybridized carbons (Fsp3) is 0.179. The van der Waals surface area contributed by atoms with Gasteiger partial charge in [-0.3, -0.25) is 4.79 Å². The number of methoxy groups -OCH3 is 3. The number of pyridine rings is 1. The fourth-order valence-electron chi connectivity index (χ4n) is 3.80. The predicted molar refractivity (Wildman–Crippen MR) is 140 cm³/mol. The quantitative estimate of drug-likeness (QED) is 0.262. The van der Waals surface area contributed by atoms with Crippen molar-refractivity contribution in [3.05, 3.63) is 77.9 Å². The van der Waals surface area contributed by atoms with Crippen LogP contribution in [0.2, 0.25) is 0 Å². The molecule has 0 unspecified atom stereocenters. The average molecular weight is 486 g/mol. The van der Waals surface area contributed by atoms with Crippen LogP contribution in [0, 0.1) is 0 Å². The van der Waals surface area contributed by atoms with Gasteiger partial charge in [0.25, 0.3) is 5.91 Å². The highest BCUT2D eigenvalue weighted by atomic mass is 16.5. The van der Waals surface area contributed by atoms with E-state index in [1.54, 1.807) is 39.5 Å². The van der Waals surface area contributed by atoms with Crippen molar-refractivity contribution >= 4 is 23.0 Å². The lowest BCUT2D eigenvalue weighted by Gasteiger charge is -2.12. The molecule has 0 aliphatic rings. The summed E-state index contributed by atoms with van der Waals surface area (Å²) in [6.45, 7) is 2.49. The Kier molecular flexibility index (Phi) is 7.65. The van der Waals surface area contributed by atoms with Crippen molar-refractivity contribution in [1.82, 2.24) is 10.4 Å². The largest absolute Gasteiger partial charge is 0.496 e. The third kappa shape index (κ3) is 5.22. The molecule has 1 amide bonds. The molecular formula is C28H27N3O5. The number of benzene rings is 3. The molecule has 0 fully saturated rings. The molecule has 0 saturated carbocycles. The minimum absolute atomic E-state index is 0.369. The van der Waals surface area contributed by atoms with E-state index in [0.717, 1.165) is 16.7 Å². The summed E-state index contributed by atoms with van der Waals surface area (Å²) in [7, 11) is 4.64. The Morgan fingerprint density at radius 2 is 1.67 bits per heavy atom. The van der Waals surface area contributed by atoms with Gasteiger partial charge < -0.3 is 18.9 Å². The lowest BCUT2D eigenvalue weighted by molar-refractivity contribution is 0.0956. The molecule has 1 aromatic heterocycles. The fourth-order valence-corrected chi connectivity index (χ4v) is 3.80. The molecule has 4 aromatic rings. The van der Waals surface area contributed by atoms with Crippen LogP contribution in [0.5, 0.6) is 23.0 Å². The maximum Gasteiger partial charge on any atom is 0.272 e. The van der Waals surface area contributed by atoms with Gasteiger partial charge in [0.15, 0.2) is 11.5 Å². The van der Waals surface area contributed by atoms with Crippen LogP contribution in [0.3, 0.4) is 0 Å². The van der Waals surface area contributed by atoms with Gasteiger partial charge in [-0.2, -0.15) is 5.10 Å². The third-order valence-electron chi connectivity index (χ3n) is 5.51. The highest BCUT2D eigenvalue weighted by Gasteiger charge is 2.15. The number of hydrazone groups is 1. The predicted octanol–water partition coefficient (Wildman–Crippen LogP) is 5.09. The van der Waals surface area contributed by atoms with Crippen molar-refractivity contribution in [2.45, 2.75) is 6.92 Å². The van der Waals surface area contributed by atoms with Gasteiger partial charge in [-0.15, -0.1) is 0 Å². The van der Waals surface area contributed by atoms with Gasteiger partial charge in [-0.25, -0.2) is 10.4 Å². The third-order valence-corrected chi connectivity index (χ3v) is 5.51. The minimum atomic E-state index is -0.369. The number of nitrogens with one attached hydrogen (secondary N) is 1. The van der Waals surface area contributed by atoms with Crippen LogP contribution >= 0.6 is 0 Å². The number of hydrogen-bond donors (Lipinski definition) is 1. The molecule has 3 aromatic carbocycles. The second kappa shape index (κ2) is 11.2. The van der Waals surface area contributed by atoms with Crippen LogP contribution in [-0.4, -0.2) is 45.0 Å². The standard InChI is InChI=1S/C28H27N3O5/c1-5-36-20-10-8-9-18(13-20)24-15-22(21-11-6-7-12-23(21)30-24)28(32)31-29-17-19-14-26(34-3)27(35-4)16-25(19)33-2/h6-17H,5H2,1-4H3,(H,31,32)/b29-17+. The molecule has 0 saturated heterocycles. The summed E-state index contributed by atoms with van der Waals surface area (Å²) in [5.41, 5.74) is 5.89. The lowest BCUT2D eigenvalue weighted by Crippen LogP contribution is -2.18. The number of nitrogens with zero attached hydrogens (tertiary/aromatic N) is 2. The second-order valence-electron chi connectivity index (χ2n) is 7.68. The number of rotatable bonds is 9. The zero-order chi connectivity index (χ0) is 25.5. The number of carbonyl (C=O) groups excluding carboxylic acids is 1. The van der Waals surface area contributed by atoms with Gasteiger partial charge >= 0.3 is 0 Å². The summed E-state index contributed by atoms with van der Waals surface area (Å²) in [5, 5.41) is 4.88. The number of ether oxygens (including phenoxy) is 4. The SMILES string of the molecule is CCOc1cccc(-c2cc(C(=O)N/N=C/c3cc(OC)c(OC)cc3OC)c3ccccc3n2)c1. The summed E-state index contributed by atoms with van der Waals surface area (Å²) in [5.74, 6) is 1.94. The van der Waals surface area contributed by atoms with E-state index in [1.165, 1.54) is 6.21 Å². The first-order valence-corrected chi connectivity index (χ1v) is 11.3. The van der Waals surface area contributed by atoms with Crippen LogP contribution in [0.15, 0.2) is 71.8 Å². The Labute approximate surface area is 209 Å². The van der Waals surface area contributed by atoms with E-state index in [4.69, 9.17) is 23.9 Å². The molecule has 8 heteroatoms. The molecule has 0 spiro atoms. The Morgan fingerprint density at radius 3 is 2.42 bits per heavy atom. The zero-order valence-corrected chi connectivity index (χ0v) is 20.6. The molecular weight excluding hydrogens is 458 g/mol. The zero-order valence-electron chi connectivity index (χ0n) is 20.6. The van der Waals surface area contributed by atoms with Gasteiger partial charge in [0.05, 0.1) is 50.9 Å². The summed E-state index contributed by atoms with van der Waals surface area (Å²) < 4.78 is 21.7. The molecule has 36 heavy (non-hydrogen) atoms. The van der Waals surface area contributed by atoms with E-state index in [9.17, 15) is 4.79 Å². The molecule has 0 radical (unpaired) electrons. The summed E-state index contributed by atoms with van der Waals surface area (Å²) in [6.07, 6.45) is 1.49. The van der Waals surface area contributed by atoms with Crippen molar-refractivity contribution in [2.75, 3.05) is 27.9 Å². The highest BCUT2D eigenvalue weighted by Crippen LogP contribution is 2.34. The molecule has 8 nitrogen and oxygen atoms in total. The first-order chi connectivity index (χ1) is 17.6. The van der Waals surface area contributed by atoms with Crippen molar-refractivity contribution in [3.63, 3.8) is 0 Å². The lowest BCUT2D eigenvalue weighted by atomic mass is 10.0. The van der Waals surface area contributed by atoms with Crippen LogP contribution in [0.25, 0.3) is 22.2 Å². The highest BCUT2D eigenvalue weighted by molar-refractivity contribution is 6.07.